The zero-order chi connectivity index (χ0) is 27.2. The summed E-state index contributed by atoms with van der Waals surface area (Å²) in [7, 11) is -8.21. The van der Waals surface area contributed by atoms with Gasteiger partial charge in [-0.25, -0.2) is 18.4 Å². The first-order chi connectivity index (χ1) is 18.1. The van der Waals surface area contributed by atoms with Crippen LogP contribution in [0.15, 0.2) is 82.6 Å². The van der Waals surface area contributed by atoms with Crippen LogP contribution in [0.4, 0.5) is 23.0 Å². The quantitative estimate of drug-likeness (QED) is 0.0707. The van der Waals surface area contributed by atoms with E-state index in [2.05, 4.69) is 34.9 Å². The summed E-state index contributed by atoms with van der Waals surface area (Å²) in [5.41, 5.74) is 1.35. The maximum Gasteiger partial charge on any atom is 0.266 e. The van der Waals surface area contributed by atoms with Gasteiger partial charge >= 0.3 is 0 Å². The molecule has 0 fully saturated rings. The van der Waals surface area contributed by atoms with E-state index in [-0.39, 0.29) is 4.90 Å². The molecule has 0 aliphatic carbocycles. The molecule has 13 nitrogen and oxygen atoms in total. The Kier molecular flexibility index (Phi) is 8.75. The Labute approximate surface area is 222 Å². The Hall–Kier alpha value is -3.35. The summed E-state index contributed by atoms with van der Waals surface area (Å²) in [6, 6.07) is 20.5. The molecule has 1 aromatic heterocycles. The number of nitrogens with one attached hydrogen (secondary N) is 3. The van der Waals surface area contributed by atoms with E-state index in [4.69, 9.17) is 9.81 Å². The minimum Gasteiger partial charge on any atom is -0.339 e. The first kappa shape index (κ1) is 27.7. The number of anilines is 4. The van der Waals surface area contributed by atoms with E-state index in [0.29, 0.717) is 17.3 Å². The third kappa shape index (κ3) is 7.83. The first-order valence-corrected chi connectivity index (χ1v) is 14.6. The van der Waals surface area contributed by atoms with Gasteiger partial charge in [0.1, 0.15) is 0 Å². The molecule has 1 heterocycles. The van der Waals surface area contributed by atoms with Crippen molar-refractivity contribution in [2.24, 2.45) is 0 Å². The van der Waals surface area contributed by atoms with Crippen molar-refractivity contribution in [1.82, 2.24) is 14.9 Å². The van der Waals surface area contributed by atoms with Crippen LogP contribution < -0.4 is 15.4 Å². The second-order valence-electron chi connectivity index (χ2n) is 7.71. The smallest absolute Gasteiger partial charge is 0.266 e. The molecule has 4 aromatic rings. The monoisotopic (exact) mass is 579 g/mol. The number of hydrogen-bond acceptors (Lipinski definition) is 12. The SMILES string of the molecule is O=S(=O)(O)CCNS(=O)(=O)c1ccc(Nc2ccc(Nc3ccc4cc(SOOO)ccc4c3)nn2)cc1. The normalized spacial score (nSPS) is 11.9. The Morgan fingerprint density at radius 1 is 0.789 bits per heavy atom. The van der Waals surface area contributed by atoms with Crippen molar-refractivity contribution in [3.63, 3.8) is 0 Å². The fourth-order valence-electron chi connectivity index (χ4n) is 3.28. The Morgan fingerprint density at radius 3 is 2.03 bits per heavy atom. The molecular weight excluding hydrogens is 558 g/mol. The van der Waals surface area contributed by atoms with Crippen LogP contribution in [0.2, 0.25) is 0 Å². The lowest BCUT2D eigenvalue weighted by Gasteiger charge is -2.10. The highest BCUT2D eigenvalue weighted by Gasteiger charge is 2.15. The average Bonchev–Trinajstić information content (AvgIpc) is 2.88. The number of fused-ring (bicyclic) bond motifs is 1. The number of nitrogens with zero attached hydrogens (tertiary/aromatic N) is 2. The van der Waals surface area contributed by atoms with Gasteiger partial charge in [-0.3, -0.25) is 4.55 Å². The molecule has 5 N–H and O–H groups in total. The van der Waals surface area contributed by atoms with Gasteiger partial charge in [0.05, 0.1) is 22.7 Å². The number of hydrogen-bond donors (Lipinski definition) is 5. The molecule has 0 aliphatic rings. The molecule has 0 radical (unpaired) electrons. The van der Waals surface area contributed by atoms with E-state index in [1.165, 1.54) is 24.3 Å². The van der Waals surface area contributed by atoms with Gasteiger partial charge in [-0.1, -0.05) is 17.2 Å². The zero-order valence-electron chi connectivity index (χ0n) is 19.3. The highest BCUT2D eigenvalue weighted by Crippen LogP contribution is 2.27. The third-order valence-corrected chi connectivity index (χ3v) is 7.77. The molecule has 0 saturated heterocycles. The van der Waals surface area contributed by atoms with Crippen molar-refractivity contribution in [2.75, 3.05) is 22.9 Å². The molecule has 4 rings (SSSR count). The summed E-state index contributed by atoms with van der Waals surface area (Å²) in [4.78, 5) is 0.687. The standard InChI is InChI=1S/C22H21N5O8S3/c28-34-35-36-19-6-2-15-13-18(3-1-16(15)14-19)25-22-10-9-21(26-27-22)24-17-4-7-20(8-5-17)38(32,33)23-11-12-37(29,30)31/h1-10,13-14,23,28H,11-12H2,(H,24,26)(H,25,27)(H,29,30,31). The van der Waals surface area contributed by atoms with Gasteiger partial charge in [0, 0.05) is 22.8 Å². The Balaban J connectivity index is 1.35. The summed E-state index contributed by atoms with van der Waals surface area (Å²) >= 11 is 0.881. The van der Waals surface area contributed by atoms with Crippen molar-refractivity contribution in [3.8, 4) is 0 Å². The lowest BCUT2D eigenvalue weighted by molar-refractivity contribution is -0.432. The molecule has 0 spiro atoms. The zero-order valence-corrected chi connectivity index (χ0v) is 21.8. The number of rotatable bonds is 12. The van der Waals surface area contributed by atoms with Gasteiger partial charge in [-0.2, -0.15) is 8.42 Å². The van der Waals surface area contributed by atoms with E-state index >= 15 is 0 Å². The average molecular weight is 580 g/mol. The van der Waals surface area contributed by atoms with Gasteiger partial charge in [-0.15, -0.1) is 14.5 Å². The van der Waals surface area contributed by atoms with Crippen LogP contribution in [0, 0.1) is 0 Å². The van der Waals surface area contributed by atoms with Crippen LogP contribution in [0.1, 0.15) is 0 Å². The minimum absolute atomic E-state index is 0.0677. The second kappa shape index (κ2) is 12.0. The lowest BCUT2D eigenvalue weighted by atomic mass is 10.1. The summed E-state index contributed by atoms with van der Waals surface area (Å²) in [5.74, 6) is 0.206. The largest absolute Gasteiger partial charge is 0.339 e. The number of aromatic nitrogens is 2. The van der Waals surface area contributed by atoms with E-state index in [9.17, 15) is 16.8 Å². The van der Waals surface area contributed by atoms with Crippen molar-refractivity contribution in [1.29, 1.82) is 0 Å². The topological polar surface area (TPSA) is 189 Å². The molecule has 0 bridgehead atoms. The predicted octanol–water partition coefficient (Wildman–Crippen LogP) is 3.71. The molecule has 0 saturated carbocycles. The first-order valence-electron chi connectivity index (χ1n) is 10.7. The van der Waals surface area contributed by atoms with Gasteiger partial charge in [0.15, 0.2) is 11.6 Å². The van der Waals surface area contributed by atoms with Crippen LogP contribution in [-0.2, 0) is 29.5 Å². The van der Waals surface area contributed by atoms with Gasteiger partial charge < -0.3 is 10.6 Å². The van der Waals surface area contributed by atoms with Crippen LogP contribution in [0.3, 0.4) is 0 Å². The fraction of sp³-hybridized carbons (Fsp3) is 0.0909. The molecular formula is C22H21N5O8S3. The van der Waals surface area contributed by atoms with Crippen LogP contribution in [0.25, 0.3) is 10.8 Å². The van der Waals surface area contributed by atoms with Crippen LogP contribution >= 0.6 is 12.0 Å². The van der Waals surface area contributed by atoms with E-state index in [1.54, 1.807) is 12.1 Å². The fourth-order valence-corrected chi connectivity index (χ4v) is 5.20. The van der Waals surface area contributed by atoms with E-state index in [1.807, 2.05) is 36.4 Å². The summed E-state index contributed by atoms with van der Waals surface area (Å²) < 4.78 is 61.3. The molecule has 3 aromatic carbocycles. The van der Waals surface area contributed by atoms with Crippen molar-refractivity contribution < 1.29 is 36.0 Å². The molecule has 38 heavy (non-hydrogen) atoms. The summed E-state index contributed by atoms with van der Waals surface area (Å²) in [6.07, 6.45) is 0. The van der Waals surface area contributed by atoms with Gasteiger partial charge in [0.25, 0.3) is 10.1 Å². The van der Waals surface area contributed by atoms with Crippen molar-refractivity contribution in [3.05, 3.63) is 72.8 Å². The highest BCUT2D eigenvalue weighted by molar-refractivity contribution is 7.94. The van der Waals surface area contributed by atoms with Crippen molar-refractivity contribution >= 4 is 66.0 Å². The second-order valence-corrected chi connectivity index (χ2v) is 11.8. The van der Waals surface area contributed by atoms with E-state index in [0.717, 1.165) is 33.4 Å². The Bertz CT molecular complexity index is 1620. The molecule has 16 heteroatoms. The van der Waals surface area contributed by atoms with Crippen molar-refractivity contribution in [2.45, 2.75) is 9.79 Å². The maximum absolute atomic E-state index is 12.2. The molecule has 200 valence electrons. The summed E-state index contributed by atoms with van der Waals surface area (Å²) in [5, 5.41) is 28.3. The van der Waals surface area contributed by atoms with E-state index < -0.39 is 32.4 Å². The maximum atomic E-state index is 12.2. The Morgan fingerprint density at radius 2 is 1.39 bits per heavy atom. The predicted molar refractivity (Wildman–Crippen MR) is 141 cm³/mol. The molecule has 0 aliphatic heterocycles. The third-order valence-electron chi connectivity index (χ3n) is 5.00. The molecule has 0 atom stereocenters. The van der Waals surface area contributed by atoms with Gasteiger partial charge in [0.2, 0.25) is 10.0 Å². The lowest BCUT2D eigenvalue weighted by Crippen LogP contribution is -2.29. The minimum atomic E-state index is -4.27. The molecule has 0 unspecified atom stereocenters. The number of sulfonamides is 1. The highest BCUT2D eigenvalue weighted by atomic mass is 32.2. The summed E-state index contributed by atoms with van der Waals surface area (Å²) in [6.45, 7) is -0.451. The van der Waals surface area contributed by atoms with Gasteiger partial charge in [-0.05, 0) is 71.4 Å². The molecule has 0 amide bonds. The number of benzene rings is 3. The van der Waals surface area contributed by atoms with Crippen LogP contribution in [0.5, 0.6) is 0 Å². The van der Waals surface area contributed by atoms with Crippen LogP contribution in [-0.4, -0.2) is 49.1 Å².